The van der Waals surface area contributed by atoms with E-state index < -0.39 is 5.82 Å². The molecule has 0 radical (unpaired) electrons. The topological polar surface area (TPSA) is 49.9 Å². The van der Waals surface area contributed by atoms with Gasteiger partial charge in [-0.25, -0.2) is 4.39 Å². The van der Waals surface area contributed by atoms with Crippen LogP contribution in [-0.4, -0.2) is 54.9 Å². The van der Waals surface area contributed by atoms with E-state index in [0.29, 0.717) is 44.6 Å². The normalized spacial score (nSPS) is 14.0. The van der Waals surface area contributed by atoms with Crippen LogP contribution in [0.3, 0.4) is 0 Å². The summed E-state index contributed by atoms with van der Waals surface area (Å²) in [7, 11) is 1.42. The molecule has 0 aromatic heterocycles. The van der Waals surface area contributed by atoms with Gasteiger partial charge in [0, 0.05) is 38.2 Å². The molecule has 0 aliphatic carbocycles. The summed E-state index contributed by atoms with van der Waals surface area (Å²) in [6, 6.07) is 12.5. The van der Waals surface area contributed by atoms with Crippen molar-refractivity contribution in [2.45, 2.75) is 26.2 Å². The molecule has 0 atom stereocenters. The van der Waals surface area contributed by atoms with E-state index in [0.717, 1.165) is 12.0 Å². The Morgan fingerprint density at radius 2 is 1.59 bits per heavy atom. The Labute approximate surface area is 171 Å². The number of carbonyl (C=O) groups excluding carboxylic acids is 2. The smallest absolute Gasteiger partial charge is 0.253 e. The lowest BCUT2D eigenvalue weighted by atomic mass is 10.1. The number of halogens is 1. The summed E-state index contributed by atoms with van der Waals surface area (Å²) >= 11 is 0. The first kappa shape index (κ1) is 20.8. The van der Waals surface area contributed by atoms with E-state index in [2.05, 4.69) is 6.92 Å². The van der Waals surface area contributed by atoms with Gasteiger partial charge in [0.1, 0.15) is 0 Å². The van der Waals surface area contributed by atoms with Gasteiger partial charge in [-0.15, -0.1) is 0 Å². The molecule has 0 N–H and O–H groups in total. The standard InChI is InChI=1S/C23H27FN2O3/c1-3-17-4-8-19(9-5-17)23(28)26-14-12-25(13-15-26)22(27)11-7-18-6-10-21(29-2)20(24)16-18/h4-6,8-10,16H,3,7,11-15H2,1-2H3. The van der Waals surface area contributed by atoms with Crippen LogP contribution in [0.1, 0.15) is 34.8 Å². The fourth-order valence-electron chi connectivity index (χ4n) is 3.50. The number of ether oxygens (including phenoxy) is 1. The molecule has 0 unspecified atom stereocenters. The maximum Gasteiger partial charge on any atom is 0.253 e. The average Bonchev–Trinajstić information content (AvgIpc) is 2.77. The van der Waals surface area contributed by atoms with Gasteiger partial charge in [0.2, 0.25) is 5.91 Å². The predicted molar refractivity (Wildman–Crippen MR) is 110 cm³/mol. The first-order chi connectivity index (χ1) is 14.0. The fraction of sp³-hybridized carbons (Fsp3) is 0.391. The fourth-order valence-corrected chi connectivity index (χ4v) is 3.50. The molecule has 2 aromatic carbocycles. The Hall–Kier alpha value is -2.89. The van der Waals surface area contributed by atoms with Crippen molar-refractivity contribution < 1.29 is 18.7 Å². The first-order valence-electron chi connectivity index (χ1n) is 10.00. The molecule has 1 fully saturated rings. The molecule has 0 bridgehead atoms. The van der Waals surface area contributed by atoms with E-state index in [1.165, 1.54) is 18.7 Å². The molecular weight excluding hydrogens is 371 g/mol. The Balaban J connectivity index is 1.48. The van der Waals surface area contributed by atoms with Gasteiger partial charge < -0.3 is 14.5 Å². The highest BCUT2D eigenvalue weighted by atomic mass is 19.1. The Bertz CT molecular complexity index is 859. The highest BCUT2D eigenvalue weighted by Gasteiger charge is 2.24. The second-order valence-corrected chi connectivity index (χ2v) is 7.19. The van der Waals surface area contributed by atoms with E-state index in [1.807, 2.05) is 24.3 Å². The number of hydrogen-bond acceptors (Lipinski definition) is 3. The lowest BCUT2D eigenvalue weighted by molar-refractivity contribution is -0.132. The van der Waals surface area contributed by atoms with Crippen LogP contribution in [0.4, 0.5) is 4.39 Å². The molecule has 1 saturated heterocycles. The van der Waals surface area contributed by atoms with E-state index >= 15 is 0 Å². The highest BCUT2D eigenvalue weighted by molar-refractivity contribution is 5.94. The number of carbonyl (C=O) groups is 2. The number of hydrogen-bond donors (Lipinski definition) is 0. The van der Waals surface area contributed by atoms with Gasteiger partial charge in [0.25, 0.3) is 5.91 Å². The summed E-state index contributed by atoms with van der Waals surface area (Å²) in [4.78, 5) is 28.7. The minimum atomic E-state index is -0.420. The van der Waals surface area contributed by atoms with Crippen LogP contribution in [0.15, 0.2) is 42.5 Å². The summed E-state index contributed by atoms with van der Waals surface area (Å²) in [6.45, 7) is 4.18. The van der Waals surface area contributed by atoms with Crippen LogP contribution >= 0.6 is 0 Å². The van der Waals surface area contributed by atoms with Crippen molar-refractivity contribution in [2.75, 3.05) is 33.3 Å². The molecule has 154 valence electrons. The summed E-state index contributed by atoms with van der Waals surface area (Å²) < 4.78 is 18.7. The van der Waals surface area contributed by atoms with Gasteiger partial charge in [-0.1, -0.05) is 25.1 Å². The first-order valence-corrected chi connectivity index (χ1v) is 10.00. The monoisotopic (exact) mass is 398 g/mol. The zero-order chi connectivity index (χ0) is 20.8. The molecular formula is C23H27FN2O3. The van der Waals surface area contributed by atoms with Crippen molar-refractivity contribution in [1.29, 1.82) is 0 Å². The molecule has 1 aliphatic rings. The zero-order valence-corrected chi connectivity index (χ0v) is 17.0. The number of nitrogens with zero attached hydrogens (tertiary/aromatic N) is 2. The summed E-state index contributed by atoms with van der Waals surface area (Å²) in [5, 5.41) is 0. The minimum absolute atomic E-state index is 0.00783. The number of rotatable bonds is 6. The van der Waals surface area contributed by atoms with Crippen LogP contribution in [0.2, 0.25) is 0 Å². The number of aryl methyl sites for hydroxylation is 2. The lowest BCUT2D eigenvalue weighted by Gasteiger charge is -2.35. The maximum atomic E-state index is 13.8. The molecule has 1 aliphatic heterocycles. The Morgan fingerprint density at radius 3 is 2.17 bits per heavy atom. The molecule has 2 amide bonds. The third kappa shape index (κ3) is 5.13. The van der Waals surface area contributed by atoms with Gasteiger partial charge in [0.15, 0.2) is 11.6 Å². The van der Waals surface area contributed by atoms with E-state index in [9.17, 15) is 14.0 Å². The van der Waals surface area contributed by atoms with Crippen LogP contribution in [0.25, 0.3) is 0 Å². The lowest BCUT2D eigenvalue weighted by Crippen LogP contribution is -2.50. The van der Waals surface area contributed by atoms with Gasteiger partial charge in [-0.3, -0.25) is 9.59 Å². The number of benzene rings is 2. The predicted octanol–water partition coefficient (Wildman–Crippen LogP) is 3.31. The van der Waals surface area contributed by atoms with Gasteiger partial charge in [-0.2, -0.15) is 0 Å². The van der Waals surface area contributed by atoms with Crippen molar-refractivity contribution >= 4 is 11.8 Å². The number of amides is 2. The Kier molecular flexibility index (Phi) is 6.86. The minimum Gasteiger partial charge on any atom is -0.494 e. The van der Waals surface area contributed by atoms with Crippen molar-refractivity contribution in [3.8, 4) is 5.75 Å². The summed E-state index contributed by atoms with van der Waals surface area (Å²) in [6.07, 6.45) is 1.74. The van der Waals surface area contributed by atoms with Gasteiger partial charge in [-0.05, 0) is 48.2 Å². The second-order valence-electron chi connectivity index (χ2n) is 7.19. The summed E-state index contributed by atoms with van der Waals surface area (Å²) in [5.41, 5.74) is 2.65. The highest BCUT2D eigenvalue weighted by Crippen LogP contribution is 2.19. The molecule has 1 heterocycles. The maximum absolute atomic E-state index is 13.8. The van der Waals surface area contributed by atoms with Crippen LogP contribution in [0.5, 0.6) is 5.75 Å². The third-order valence-electron chi connectivity index (χ3n) is 5.37. The molecule has 2 aromatic rings. The SMILES string of the molecule is CCc1ccc(C(=O)N2CCN(C(=O)CCc3ccc(OC)c(F)c3)CC2)cc1. The second kappa shape index (κ2) is 9.54. The van der Waals surface area contributed by atoms with Crippen molar-refractivity contribution in [1.82, 2.24) is 9.80 Å². The molecule has 0 saturated carbocycles. The van der Waals surface area contributed by atoms with Crippen molar-refractivity contribution in [3.63, 3.8) is 0 Å². The Morgan fingerprint density at radius 1 is 0.966 bits per heavy atom. The number of piperazine rings is 1. The van der Waals surface area contributed by atoms with Crippen molar-refractivity contribution in [3.05, 3.63) is 65.0 Å². The molecule has 0 spiro atoms. The zero-order valence-electron chi connectivity index (χ0n) is 17.0. The summed E-state index contributed by atoms with van der Waals surface area (Å²) in [5.74, 6) is -0.184. The van der Waals surface area contributed by atoms with Crippen LogP contribution < -0.4 is 4.74 Å². The van der Waals surface area contributed by atoms with Gasteiger partial charge in [0.05, 0.1) is 7.11 Å². The molecule has 29 heavy (non-hydrogen) atoms. The average molecular weight is 398 g/mol. The van der Waals surface area contributed by atoms with Crippen LogP contribution in [0, 0.1) is 5.82 Å². The largest absolute Gasteiger partial charge is 0.494 e. The third-order valence-corrected chi connectivity index (χ3v) is 5.37. The quantitative estimate of drug-likeness (QED) is 0.750. The molecule has 5 nitrogen and oxygen atoms in total. The van der Waals surface area contributed by atoms with E-state index in [4.69, 9.17) is 4.74 Å². The van der Waals surface area contributed by atoms with Gasteiger partial charge >= 0.3 is 0 Å². The van der Waals surface area contributed by atoms with Crippen molar-refractivity contribution in [2.24, 2.45) is 0 Å². The van der Waals surface area contributed by atoms with E-state index in [-0.39, 0.29) is 17.6 Å². The van der Waals surface area contributed by atoms with Crippen LogP contribution in [-0.2, 0) is 17.6 Å². The number of methoxy groups -OCH3 is 1. The van der Waals surface area contributed by atoms with E-state index in [1.54, 1.807) is 21.9 Å². The molecule has 3 rings (SSSR count). The molecule has 6 heteroatoms.